The summed E-state index contributed by atoms with van der Waals surface area (Å²) in [6.45, 7) is 2.34. The molecule has 0 aliphatic rings. The average molecular weight is 264 g/mol. The van der Waals surface area contributed by atoms with E-state index in [1.807, 2.05) is 6.92 Å². The first-order valence-corrected chi connectivity index (χ1v) is 5.46. The van der Waals surface area contributed by atoms with Crippen molar-refractivity contribution < 1.29 is 0 Å². The second kappa shape index (κ2) is 5.46. The van der Waals surface area contributed by atoms with Gasteiger partial charge >= 0.3 is 0 Å². The molecule has 15 heavy (non-hydrogen) atoms. The largest absolute Gasteiger partial charge is 0.382 e. The first-order chi connectivity index (χ1) is 7.04. The normalized spacial score (nSPS) is 11.9. The molecule has 0 spiro atoms. The number of nitriles is 1. The molecule has 0 radical (unpaired) electrons. The van der Waals surface area contributed by atoms with Crippen LogP contribution in [0.15, 0.2) is 12.1 Å². The Bertz CT molecular complexity index is 398. The summed E-state index contributed by atoms with van der Waals surface area (Å²) < 4.78 is 0. The number of nitrogens with zero attached hydrogens (tertiary/aromatic N) is 1. The molecule has 0 aliphatic heterocycles. The molecule has 0 heterocycles. The second-order valence-electron chi connectivity index (χ2n) is 3.16. The van der Waals surface area contributed by atoms with Crippen LogP contribution in [0.4, 0.5) is 5.69 Å². The molecular weight excluding hydrogens is 254 g/mol. The predicted octanol–water partition coefficient (Wildman–Crippen LogP) is 4.22. The molecule has 1 rings (SSSR count). The highest BCUT2D eigenvalue weighted by Gasteiger charge is 2.06. The van der Waals surface area contributed by atoms with E-state index in [1.165, 1.54) is 0 Å². The zero-order valence-electron chi connectivity index (χ0n) is 8.02. The molecule has 80 valence electrons. The Morgan fingerprint density at radius 3 is 2.47 bits per heavy atom. The predicted molar refractivity (Wildman–Crippen MR) is 64.7 cm³/mol. The first kappa shape index (κ1) is 12.4. The van der Waals surface area contributed by atoms with Crippen LogP contribution in [0.1, 0.15) is 6.92 Å². The summed E-state index contributed by atoms with van der Waals surface area (Å²) in [5.74, 6) is -0.0875. The number of halogens is 3. The lowest BCUT2D eigenvalue weighted by atomic mass is 10.2. The van der Waals surface area contributed by atoms with Crippen molar-refractivity contribution in [1.82, 2.24) is 0 Å². The summed E-state index contributed by atoms with van der Waals surface area (Å²) in [6, 6.07) is 5.34. The van der Waals surface area contributed by atoms with Crippen molar-refractivity contribution in [1.29, 1.82) is 5.26 Å². The van der Waals surface area contributed by atoms with E-state index in [2.05, 4.69) is 11.4 Å². The van der Waals surface area contributed by atoms with Gasteiger partial charge in [0.2, 0.25) is 0 Å². The van der Waals surface area contributed by atoms with Gasteiger partial charge in [-0.25, -0.2) is 0 Å². The van der Waals surface area contributed by atoms with E-state index in [-0.39, 0.29) is 5.92 Å². The number of hydrogen-bond donors (Lipinski definition) is 1. The second-order valence-corrected chi connectivity index (χ2v) is 4.38. The van der Waals surface area contributed by atoms with Crippen LogP contribution >= 0.6 is 34.8 Å². The standard InChI is InChI=1S/C10H9Cl3N2/c1-6(4-14)5-15-10-3-8(12)7(11)2-9(10)13/h2-3,6,15H,5H2,1H3. The van der Waals surface area contributed by atoms with Crippen molar-refractivity contribution >= 4 is 40.5 Å². The van der Waals surface area contributed by atoms with Crippen LogP contribution < -0.4 is 5.32 Å². The Labute approximate surface area is 104 Å². The highest BCUT2D eigenvalue weighted by Crippen LogP contribution is 2.32. The molecule has 2 nitrogen and oxygen atoms in total. The van der Waals surface area contributed by atoms with Crippen molar-refractivity contribution in [3.8, 4) is 6.07 Å². The van der Waals surface area contributed by atoms with Crippen LogP contribution in [0.3, 0.4) is 0 Å². The van der Waals surface area contributed by atoms with E-state index < -0.39 is 0 Å². The number of benzene rings is 1. The zero-order valence-corrected chi connectivity index (χ0v) is 10.3. The van der Waals surface area contributed by atoms with Gasteiger partial charge in [-0.05, 0) is 19.1 Å². The molecule has 0 fully saturated rings. The Morgan fingerprint density at radius 1 is 1.27 bits per heavy atom. The molecule has 0 aromatic heterocycles. The van der Waals surface area contributed by atoms with Crippen LogP contribution in [0, 0.1) is 17.2 Å². The number of nitrogens with one attached hydrogen (secondary N) is 1. The van der Waals surface area contributed by atoms with Gasteiger partial charge in [0.05, 0.1) is 32.7 Å². The summed E-state index contributed by atoms with van der Waals surface area (Å²) in [5, 5.41) is 13.0. The van der Waals surface area contributed by atoms with Crippen LogP contribution in [-0.2, 0) is 0 Å². The van der Waals surface area contributed by atoms with Gasteiger partial charge in [-0.2, -0.15) is 5.26 Å². The molecule has 0 saturated carbocycles. The number of hydrogen-bond acceptors (Lipinski definition) is 2. The third-order valence-corrected chi connectivity index (χ3v) is 2.86. The molecule has 5 heteroatoms. The van der Waals surface area contributed by atoms with Crippen molar-refractivity contribution in [2.24, 2.45) is 5.92 Å². The average Bonchev–Trinajstić information content (AvgIpc) is 2.21. The lowest BCUT2D eigenvalue weighted by Crippen LogP contribution is -2.09. The SMILES string of the molecule is CC(C#N)CNc1cc(Cl)c(Cl)cc1Cl. The van der Waals surface area contributed by atoms with Gasteiger partial charge in [0, 0.05) is 6.54 Å². The maximum atomic E-state index is 8.61. The fourth-order valence-corrected chi connectivity index (χ4v) is 1.58. The Hall–Kier alpha value is -0.620. The minimum atomic E-state index is -0.0875. The number of rotatable bonds is 3. The van der Waals surface area contributed by atoms with Gasteiger partial charge in [0.15, 0.2) is 0 Å². The highest BCUT2D eigenvalue weighted by molar-refractivity contribution is 6.44. The number of anilines is 1. The maximum absolute atomic E-state index is 8.61. The maximum Gasteiger partial charge on any atom is 0.0671 e. The molecule has 0 saturated heterocycles. The molecule has 1 aromatic carbocycles. The van der Waals surface area contributed by atoms with E-state index in [0.29, 0.717) is 27.3 Å². The monoisotopic (exact) mass is 262 g/mol. The molecular formula is C10H9Cl3N2. The van der Waals surface area contributed by atoms with Crippen LogP contribution in [0.2, 0.25) is 15.1 Å². The molecule has 1 unspecified atom stereocenters. The molecule has 0 bridgehead atoms. The smallest absolute Gasteiger partial charge is 0.0671 e. The van der Waals surface area contributed by atoms with Crippen molar-refractivity contribution in [3.05, 3.63) is 27.2 Å². The Balaban J connectivity index is 2.78. The Kier molecular flexibility index (Phi) is 4.53. The molecule has 0 aliphatic carbocycles. The molecule has 1 atom stereocenters. The lowest BCUT2D eigenvalue weighted by molar-refractivity contribution is 0.786. The summed E-state index contributed by atoms with van der Waals surface area (Å²) >= 11 is 17.6. The van der Waals surface area contributed by atoms with Gasteiger partial charge in [-0.3, -0.25) is 0 Å². The van der Waals surface area contributed by atoms with E-state index >= 15 is 0 Å². The summed E-state index contributed by atoms with van der Waals surface area (Å²) in [5.41, 5.74) is 0.688. The summed E-state index contributed by atoms with van der Waals surface area (Å²) in [7, 11) is 0. The van der Waals surface area contributed by atoms with Gasteiger partial charge in [0.25, 0.3) is 0 Å². The zero-order chi connectivity index (χ0) is 11.4. The summed E-state index contributed by atoms with van der Waals surface area (Å²) in [4.78, 5) is 0. The van der Waals surface area contributed by atoms with Crippen LogP contribution in [0.25, 0.3) is 0 Å². The van der Waals surface area contributed by atoms with Gasteiger partial charge in [-0.15, -0.1) is 0 Å². The van der Waals surface area contributed by atoms with Crippen molar-refractivity contribution in [2.75, 3.05) is 11.9 Å². The molecule has 1 N–H and O–H groups in total. The fraction of sp³-hybridized carbons (Fsp3) is 0.300. The fourth-order valence-electron chi connectivity index (χ4n) is 0.967. The first-order valence-electron chi connectivity index (χ1n) is 4.32. The third kappa shape index (κ3) is 3.46. The van der Waals surface area contributed by atoms with Gasteiger partial charge < -0.3 is 5.32 Å². The van der Waals surface area contributed by atoms with Crippen molar-refractivity contribution in [2.45, 2.75) is 6.92 Å². The van der Waals surface area contributed by atoms with E-state index in [1.54, 1.807) is 12.1 Å². The molecule has 0 amide bonds. The topological polar surface area (TPSA) is 35.8 Å². The van der Waals surface area contributed by atoms with E-state index in [9.17, 15) is 0 Å². The van der Waals surface area contributed by atoms with Gasteiger partial charge in [-0.1, -0.05) is 34.8 Å². The minimum absolute atomic E-state index is 0.0875. The van der Waals surface area contributed by atoms with Crippen LogP contribution in [0.5, 0.6) is 0 Å². The summed E-state index contributed by atoms with van der Waals surface area (Å²) in [6.07, 6.45) is 0. The highest BCUT2D eigenvalue weighted by atomic mass is 35.5. The quantitative estimate of drug-likeness (QED) is 0.829. The Morgan fingerprint density at radius 2 is 1.87 bits per heavy atom. The lowest BCUT2D eigenvalue weighted by Gasteiger charge is -2.10. The van der Waals surface area contributed by atoms with Crippen molar-refractivity contribution in [3.63, 3.8) is 0 Å². The van der Waals surface area contributed by atoms with E-state index in [0.717, 1.165) is 0 Å². The van der Waals surface area contributed by atoms with Crippen LogP contribution in [-0.4, -0.2) is 6.54 Å². The minimum Gasteiger partial charge on any atom is -0.382 e. The van der Waals surface area contributed by atoms with E-state index in [4.69, 9.17) is 40.1 Å². The molecule has 1 aromatic rings. The third-order valence-electron chi connectivity index (χ3n) is 1.83. The van der Waals surface area contributed by atoms with Gasteiger partial charge in [0.1, 0.15) is 0 Å².